The summed E-state index contributed by atoms with van der Waals surface area (Å²) < 4.78 is 6.95. The zero-order valence-electron chi connectivity index (χ0n) is 8.87. The van der Waals surface area contributed by atoms with Gasteiger partial charge < -0.3 is 10.5 Å². The van der Waals surface area contributed by atoms with Crippen LogP contribution >= 0.6 is 15.9 Å². The highest BCUT2D eigenvalue weighted by molar-refractivity contribution is 9.10. The second-order valence-corrected chi connectivity index (χ2v) is 5.06. The molecule has 0 bridgehead atoms. The summed E-state index contributed by atoms with van der Waals surface area (Å²) in [6.45, 7) is 1.98. The number of hydrogen-bond acceptors (Lipinski definition) is 2. The number of benzene rings is 1. The van der Waals surface area contributed by atoms with Gasteiger partial charge in [0.05, 0.1) is 6.10 Å². The molecule has 0 radical (unpaired) electrons. The summed E-state index contributed by atoms with van der Waals surface area (Å²) in [7, 11) is 0. The number of hydrogen-bond donors (Lipinski definition) is 1. The largest absolute Gasteiger partial charge is 0.490 e. The summed E-state index contributed by atoms with van der Waals surface area (Å²) in [5.74, 6) is 0.943. The molecule has 15 heavy (non-hydrogen) atoms. The third kappa shape index (κ3) is 2.52. The molecular weight excluding hydrogens is 254 g/mol. The third-order valence-corrected chi connectivity index (χ3v) is 3.30. The van der Waals surface area contributed by atoms with E-state index in [1.807, 2.05) is 25.1 Å². The molecule has 0 aromatic heterocycles. The molecule has 1 atom stereocenters. The Kier molecular flexibility index (Phi) is 3.32. The van der Waals surface area contributed by atoms with Gasteiger partial charge in [-0.25, -0.2) is 0 Å². The fraction of sp³-hybridized carbons (Fsp3) is 0.500. The van der Waals surface area contributed by atoms with E-state index in [4.69, 9.17) is 10.5 Å². The maximum Gasteiger partial charge on any atom is 0.124 e. The van der Waals surface area contributed by atoms with Crippen LogP contribution in [0.5, 0.6) is 5.75 Å². The molecule has 0 saturated heterocycles. The van der Waals surface area contributed by atoms with Gasteiger partial charge in [0.2, 0.25) is 0 Å². The highest BCUT2D eigenvalue weighted by atomic mass is 79.9. The lowest BCUT2D eigenvalue weighted by molar-refractivity contribution is 0.118. The maximum atomic E-state index is 5.92. The summed E-state index contributed by atoms with van der Waals surface area (Å²) in [5, 5.41) is 0. The van der Waals surface area contributed by atoms with E-state index < -0.39 is 0 Å². The van der Waals surface area contributed by atoms with Gasteiger partial charge in [0.1, 0.15) is 5.75 Å². The van der Waals surface area contributed by atoms with Crippen LogP contribution in [0.1, 0.15) is 37.8 Å². The van der Waals surface area contributed by atoms with Gasteiger partial charge in [-0.3, -0.25) is 0 Å². The predicted molar refractivity (Wildman–Crippen MR) is 65.0 cm³/mol. The second-order valence-electron chi connectivity index (χ2n) is 4.14. The molecule has 2 nitrogen and oxygen atoms in total. The van der Waals surface area contributed by atoms with Crippen molar-refractivity contribution >= 4 is 15.9 Å². The standard InChI is InChI=1S/C12H16BrNO/c1-8(14)11-7-9(13)5-6-12(11)15-10-3-2-4-10/h5-8,10H,2-4,14H2,1H3. The fourth-order valence-electron chi connectivity index (χ4n) is 1.65. The average molecular weight is 270 g/mol. The molecule has 2 rings (SSSR count). The van der Waals surface area contributed by atoms with Crippen LogP contribution in [0.2, 0.25) is 0 Å². The van der Waals surface area contributed by atoms with Gasteiger partial charge in [0, 0.05) is 16.1 Å². The Morgan fingerprint density at radius 3 is 2.73 bits per heavy atom. The fourth-order valence-corrected chi connectivity index (χ4v) is 2.03. The van der Waals surface area contributed by atoms with Gasteiger partial charge >= 0.3 is 0 Å². The minimum absolute atomic E-state index is 0.0116. The van der Waals surface area contributed by atoms with Crippen molar-refractivity contribution < 1.29 is 4.74 Å². The summed E-state index contributed by atoms with van der Waals surface area (Å²) in [4.78, 5) is 0. The molecule has 1 fully saturated rings. The van der Waals surface area contributed by atoms with Gasteiger partial charge in [-0.1, -0.05) is 15.9 Å². The van der Waals surface area contributed by atoms with Crippen molar-refractivity contribution in [1.29, 1.82) is 0 Å². The molecule has 0 amide bonds. The van der Waals surface area contributed by atoms with Crippen molar-refractivity contribution in [3.05, 3.63) is 28.2 Å². The number of rotatable bonds is 3. The molecule has 1 saturated carbocycles. The van der Waals surface area contributed by atoms with E-state index in [-0.39, 0.29) is 6.04 Å². The molecular formula is C12H16BrNO. The first kappa shape index (κ1) is 11.0. The van der Waals surface area contributed by atoms with E-state index in [2.05, 4.69) is 15.9 Å². The Labute approximate surface area is 98.9 Å². The van der Waals surface area contributed by atoms with Crippen LogP contribution in [0, 0.1) is 0 Å². The zero-order valence-corrected chi connectivity index (χ0v) is 10.5. The summed E-state index contributed by atoms with van der Waals surface area (Å²) >= 11 is 3.45. The molecule has 1 aliphatic rings. The molecule has 1 unspecified atom stereocenters. The van der Waals surface area contributed by atoms with E-state index in [1.54, 1.807) is 0 Å². The van der Waals surface area contributed by atoms with Crippen LogP contribution in [-0.2, 0) is 0 Å². The second kappa shape index (κ2) is 4.54. The maximum absolute atomic E-state index is 5.92. The topological polar surface area (TPSA) is 35.2 Å². The minimum atomic E-state index is 0.0116. The smallest absolute Gasteiger partial charge is 0.124 e. The molecule has 0 heterocycles. The predicted octanol–water partition coefficient (Wildman–Crippen LogP) is 3.40. The summed E-state index contributed by atoms with van der Waals surface area (Å²) in [6.07, 6.45) is 4.04. The first-order valence-electron chi connectivity index (χ1n) is 5.38. The van der Waals surface area contributed by atoms with Crippen LogP contribution in [-0.4, -0.2) is 6.10 Å². The molecule has 2 N–H and O–H groups in total. The molecule has 3 heteroatoms. The van der Waals surface area contributed by atoms with Crippen LogP contribution < -0.4 is 10.5 Å². The molecule has 82 valence electrons. The number of nitrogens with two attached hydrogens (primary N) is 1. The van der Waals surface area contributed by atoms with Crippen molar-refractivity contribution in [3.63, 3.8) is 0 Å². The highest BCUT2D eigenvalue weighted by Crippen LogP contribution is 2.31. The van der Waals surface area contributed by atoms with E-state index in [0.717, 1.165) is 15.8 Å². The van der Waals surface area contributed by atoms with Crippen LogP contribution in [0.15, 0.2) is 22.7 Å². The number of ether oxygens (including phenoxy) is 1. The zero-order chi connectivity index (χ0) is 10.8. The van der Waals surface area contributed by atoms with E-state index in [9.17, 15) is 0 Å². The molecule has 0 spiro atoms. The van der Waals surface area contributed by atoms with Gasteiger partial charge in [-0.05, 0) is 44.4 Å². The Bertz CT molecular complexity index is 347. The van der Waals surface area contributed by atoms with Gasteiger partial charge in [-0.15, -0.1) is 0 Å². The Balaban J connectivity index is 2.20. The van der Waals surface area contributed by atoms with Gasteiger partial charge in [-0.2, -0.15) is 0 Å². The molecule has 1 aromatic carbocycles. The van der Waals surface area contributed by atoms with Crippen molar-refractivity contribution in [3.8, 4) is 5.75 Å². The van der Waals surface area contributed by atoms with E-state index in [0.29, 0.717) is 6.10 Å². The lowest BCUT2D eigenvalue weighted by Crippen LogP contribution is -2.25. The van der Waals surface area contributed by atoms with Crippen molar-refractivity contribution in [2.24, 2.45) is 5.73 Å². The quantitative estimate of drug-likeness (QED) is 0.913. The van der Waals surface area contributed by atoms with Crippen molar-refractivity contribution in [2.75, 3.05) is 0 Å². The van der Waals surface area contributed by atoms with Crippen LogP contribution in [0.4, 0.5) is 0 Å². The molecule has 0 aliphatic heterocycles. The Hall–Kier alpha value is -0.540. The van der Waals surface area contributed by atoms with Crippen LogP contribution in [0.3, 0.4) is 0 Å². The number of halogens is 1. The van der Waals surface area contributed by atoms with Gasteiger partial charge in [0.15, 0.2) is 0 Å². The van der Waals surface area contributed by atoms with Crippen molar-refractivity contribution in [1.82, 2.24) is 0 Å². The van der Waals surface area contributed by atoms with Crippen LogP contribution in [0.25, 0.3) is 0 Å². The van der Waals surface area contributed by atoms with Gasteiger partial charge in [0.25, 0.3) is 0 Å². The first-order chi connectivity index (χ1) is 7.16. The summed E-state index contributed by atoms with van der Waals surface area (Å²) in [5.41, 5.74) is 7.00. The molecule has 1 aliphatic carbocycles. The van der Waals surface area contributed by atoms with E-state index >= 15 is 0 Å². The monoisotopic (exact) mass is 269 g/mol. The Morgan fingerprint density at radius 2 is 2.20 bits per heavy atom. The normalized spacial score (nSPS) is 18.3. The third-order valence-electron chi connectivity index (χ3n) is 2.81. The lowest BCUT2D eigenvalue weighted by Gasteiger charge is -2.28. The van der Waals surface area contributed by atoms with E-state index in [1.165, 1.54) is 19.3 Å². The minimum Gasteiger partial charge on any atom is -0.490 e. The lowest BCUT2D eigenvalue weighted by atomic mass is 9.96. The SMILES string of the molecule is CC(N)c1cc(Br)ccc1OC1CCC1. The molecule has 1 aromatic rings. The Morgan fingerprint density at radius 1 is 1.47 bits per heavy atom. The summed E-state index contributed by atoms with van der Waals surface area (Å²) in [6, 6.07) is 6.05. The first-order valence-corrected chi connectivity index (χ1v) is 6.18. The average Bonchev–Trinajstić information content (AvgIpc) is 2.12. The highest BCUT2D eigenvalue weighted by Gasteiger charge is 2.20. The van der Waals surface area contributed by atoms with Crippen molar-refractivity contribution in [2.45, 2.75) is 38.3 Å².